The van der Waals surface area contributed by atoms with Crippen LogP contribution >= 0.6 is 11.3 Å². The highest BCUT2D eigenvalue weighted by atomic mass is 32.1. The molecule has 1 aromatic heterocycles. The minimum atomic E-state index is -0.189. The zero-order chi connectivity index (χ0) is 12.5. The van der Waals surface area contributed by atoms with Gasteiger partial charge in [-0.3, -0.25) is 5.32 Å². The van der Waals surface area contributed by atoms with Crippen LogP contribution in [0, 0.1) is 11.8 Å². The summed E-state index contributed by atoms with van der Waals surface area (Å²) in [5.74, 6) is 0.739. The van der Waals surface area contributed by atoms with E-state index in [1.807, 2.05) is 5.38 Å². The summed E-state index contributed by atoms with van der Waals surface area (Å²) in [4.78, 5) is 15.8. The SMILES string of the molecule is O=C(Nc1nccs1)NC1C[C@H]2CC[C@@H](C1)C2O. The second kappa shape index (κ2) is 4.85. The maximum atomic E-state index is 11.8. The summed E-state index contributed by atoms with van der Waals surface area (Å²) in [5.41, 5.74) is 0. The molecule has 2 aliphatic rings. The van der Waals surface area contributed by atoms with Gasteiger partial charge in [0.05, 0.1) is 6.10 Å². The highest BCUT2D eigenvalue weighted by Gasteiger charge is 2.41. The van der Waals surface area contributed by atoms with E-state index in [-0.39, 0.29) is 18.2 Å². The first kappa shape index (κ1) is 11.9. The fraction of sp³-hybridized carbons (Fsp3) is 0.667. The lowest BCUT2D eigenvalue weighted by Crippen LogP contribution is -2.45. The van der Waals surface area contributed by atoms with Crippen molar-refractivity contribution in [3.8, 4) is 0 Å². The van der Waals surface area contributed by atoms with Gasteiger partial charge in [0, 0.05) is 17.6 Å². The largest absolute Gasteiger partial charge is 0.393 e. The second-order valence-electron chi connectivity index (χ2n) is 5.19. The first-order chi connectivity index (χ1) is 8.72. The van der Waals surface area contributed by atoms with Crippen molar-refractivity contribution in [2.75, 3.05) is 5.32 Å². The Kier molecular flexibility index (Phi) is 3.22. The van der Waals surface area contributed by atoms with Gasteiger partial charge >= 0.3 is 6.03 Å². The van der Waals surface area contributed by atoms with Gasteiger partial charge < -0.3 is 10.4 Å². The number of rotatable bonds is 2. The molecule has 2 unspecified atom stereocenters. The van der Waals surface area contributed by atoms with Gasteiger partial charge in [-0.2, -0.15) is 0 Å². The number of thiazole rings is 1. The molecule has 6 heteroatoms. The molecule has 0 saturated heterocycles. The number of fused-ring (bicyclic) bond motifs is 2. The molecule has 2 saturated carbocycles. The number of aliphatic hydroxyl groups is 1. The van der Waals surface area contributed by atoms with E-state index in [2.05, 4.69) is 15.6 Å². The molecule has 0 aromatic carbocycles. The van der Waals surface area contributed by atoms with Gasteiger partial charge in [0.25, 0.3) is 0 Å². The van der Waals surface area contributed by atoms with Crippen LogP contribution in [0.5, 0.6) is 0 Å². The number of amides is 2. The van der Waals surface area contributed by atoms with Gasteiger partial charge in [0.15, 0.2) is 5.13 Å². The maximum Gasteiger partial charge on any atom is 0.321 e. The summed E-state index contributed by atoms with van der Waals surface area (Å²) in [6, 6.07) is -0.00315. The fourth-order valence-corrected chi connectivity index (χ4v) is 3.74. The van der Waals surface area contributed by atoms with Crippen LogP contribution in [-0.4, -0.2) is 28.3 Å². The van der Waals surface area contributed by atoms with Crippen molar-refractivity contribution in [3.05, 3.63) is 11.6 Å². The second-order valence-corrected chi connectivity index (χ2v) is 6.09. The Balaban J connectivity index is 1.53. The lowest BCUT2D eigenvalue weighted by molar-refractivity contribution is 0.0491. The minimum Gasteiger partial charge on any atom is -0.393 e. The molecule has 1 aromatic rings. The van der Waals surface area contributed by atoms with E-state index in [4.69, 9.17) is 0 Å². The molecule has 2 amide bonds. The number of carbonyl (C=O) groups is 1. The number of urea groups is 1. The van der Waals surface area contributed by atoms with Crippen LogP contribution in [0.25, 0.3) is 0 Å². The van der Waals surface area contributed by atoms with E-state index >= 15 is 0 Å². The molecule has 0 radical (unpaired) electrons. The van der Waals surface area contributed by atoms with Gasteiger partial charge in [0.1, 0.15) is 0 Å². The van der Waals surface area contributed by atoms with Crippen LogP contribution < -0.4 is 10.6 Å². The third kappa shape index (κ3) is 2.35. The number of hydrogen-bond donors (Lipinski definition) is 3. The average Bonchev–Trinajstić information content (AvgIpc) is 2.87. The first-order valence-electron chi connectivity index (χ1n) is 6.37. The van der Waals surface area contributed by atoms with Gasteiger partial charge in [-0.15, -0.1) is 11.3 Å². The average molecular weight is 267 g/mol. The molecule has 18 heavy (non-hydrogen) atoms. The zero-order valence-corrected chi connectivity index (χ0v) is 10.8. The van der Waals surface area contributed by atoms with Crippen molar-refractivity contribution in [3.63, 3.8) is 0 Å². The van der Waals surface area contributed by atoms with Crippen LogP contribution in [0.2, 0.25) is 0 Å². The molecular formula is C12H17N3O2S. The van der Waals surface area contributed by atoms with Crippen molar-refractivity contribution >= 4 is 22.5 Å². The van der Waals surface area contributed by atoms with Crippen molar-refractivity contribution < 1.29 is 9.90 Å². The monoisotopic (exact) mass is 267 g/mol. The minimum absolute atomic E-state index is 0.148. The number of carbonyl (C=O) groups excluding carboxylic acids is 1. The number of nitrogens with one attached hydrogen (secondary N) is 2. The quantitative estimate of drug-likeness (QED) is 0.765. The molecule has 1 heterocycles. The summed E-state index contributed by atoms with van der Waals surface area (Å²) in [5, 5.41) is 18.1. The van der Waals surface area contributed by atoms with Crippen molar-refractivity contribution in [2.45, 2.75) is 37.8 Å². The van der Waals surface area contributed by atoms with Crippen LogP contribution in [0.3, 0.4) is 0 Å². The van der Waals surface area contributed by atoms with E-state index < -0.39 is 0 Å². The molecule has 0 spiro atoms. The van der Waals surface area contributed by atoms with Crippen LogP contribution in [-0.2, 0) is 0 Å². The third-order valence-electron chi connectivity index (χ3n) is 4.04. The zero-order valence-electron chi connectivity index (χ0n) is 10.0. The molecule has 98 valence electrons. The Morgan fingerprint density at radius 2 is 2.11 bits per heavy atom. The van der Waals surface area contributed by atoms with Gasteiger partial charge in [-0.25, -0.2) is 9.78 Å². The number of anilines is 1. The highest BCUT2D eigenvalue weighted by Crippen LogP contribution is 2.42. The Morgan fingerprint density at radius 1 is 1.39 bits per heavy atom. The standard InChI is InChI=1S/C12H17N3O2S/c16-10-7-1-2-8(10)6-9(5-7)14-11(17)15-12-13-3-4-18-12/h3-4,7-10,16H,1-2,5-6H2,(H2,13,14,15,17)/t7-,8+,9?,10?. The van der Waals surface area contributed by atoms with E-state index in [0.717, 1.165) is 25.7 Å². The molecule has 4 atom stereocenters. The lowest BCUT2D eigenvalue weighted by Gasteiger charge is -2.32. The van der Waals surface area contributed by atoms with Gasteiger partial charge in [-0.1, -0.05) is 0 Å². The van der Waals surface area contributed by atoms with Crippen LogP contribution in [0.1, 0.15) is 25.7 Å². The summed E-state index contributed by atoms with van der Waals surface area (Å²) >= 11 is 1.40. The molecule has 2 aliphatic carbocycles. The first-order valence-corrected chi connectivity index (χ1v) is 7.25. The Bertz CT molecular complexity index is 409. The number of aromatic nitrogens is 1. The van der Waals surface area contributed by atoms with E-state index in [0.29, 0.717) is 17.0 Å². The number of nitrogens with zero attached hydrogens (tertiary/aromatic N) is 1. The summed E-state index contributed by atoms with van der Waals surface area (Å²) in [6.07, 6.45) is 5.49. The fourth-order valence-electron chi connectivity index (χ4n) is 3.22. The van der Waals surface area contributed by atoms with Crippen molar-refractivity contribution in [1.82, 2.24) is 10.3 Å². The predicted molar refractivity (Wildman–Crippen MR) is 69.5 cm³/mol. The molecule has 3 rings (SSSR count). The molecule has 2 fully saturated rings. The summed E-state index contributed by atoms with van der Waals surface area (Å²) in [7, 11) is 0. The topological polar surface area (TPSA) is 74.2 Å². The van der Waals surface area contributed by atoms with E-state index in [1.165, 1.54) is 11.3 Å². The number of aliphatic hydroxyl groups excluding tert-OH is 1. The number of hydrogen-bond acceptors (Lipinski definition) is 4. The summed E-state index contributed by atoms with van der Waals surface area (Å²) in [6.45, 7) is 0. The maximum absolute atomic E-state index is 11.8. The molecule has 3 N–H and O–H groups in total. The Hall–Kier alpha value is -1.14. The lowest BCUT2D eigenvalue weighted by atomic mass is 9.83. The van der Waals surface area contributed by atoms with Gasteiger partial charge in [-0.05, 0) is 37.5 Å². The highest BCUT2D eigenvalue weighted by molar-refractivity contribution is 7.13. The van der Waals surface area contributed by atoms with Gasteiger partial charge in [0.2, 0.25) is 0 Å². The molecule has 5 nitrogen and oxygen atoms in total. The molecular weight excluding hydrogens is 250 g/mol. The third-order valence-corrected chi connectivity index (χ3v) is 4.73. The van der Waals surface area contributed by atoms with Crippen molar-refractivity contribution in [2.24, 2.45) is 11.8 Å². The summed E-state index contributed by atoms with van der Waals surface area (Å²) < 4.78 is 0. The smallest absolute Gasteiger partial charge is 0.321 e. The Labute approximate surface area is 110 Å². The van der Waals surface area contributed by atoms with E-state index in [9.17, 15) is 9.90 Å². The molecule has 2 bridgehead atoms. The Morgan fingerprint density at radius 3 is 2.72 bits per heavy atom. The van der Waals surface area contributed by atoms with E-state index in [1.54, 1.807) is 6.20 Å². The predicted octanol–water partition coefficient (Wildman–Crippen LogP) is 1.81. The van der Waals surface area contributed by atoms with Crippen LogP contribution in [0.15, 0.2) is 11.6 Å². The van der Waals surface area contributed by atoms with Crippen molar-refractivity contribution in [1.29, 1.82) is 0 Å². The normalized spacial score (nSPS) is 34.3. The van der Waals surface area contributed by atoms with Crippen LogP contribution in [0.4, 0.5) is 9.93 Å². The molecule has 0 aliphatic heterocycles.